The lowest BCUT2D eigenvalue weighted by Crippen LogP contribution is -2.08. The van der Waals surface area contributed by atoms with Crippen molar-refractivity contribution in [3.8, 4) is 0 Å². The van der Waals surface area contributed by atoms with Crippen molar-refractivity contribution >= 4 is 55.9 Å². The third-order valence-electron chi connectivity index (χ3n) is 2.83. The Morgan fingerprint density at radius 3 is 2.74 bits per heavy atom. The fraction of sp³-hybridized carbons (Fsp3) is 0.231. The molecule has 0 amide bonds. The molecule has 6 heteroatoms. The van der Waals surface area contributed by atoms with Crippen LogP contribution in [-0.4, -0.2) is 15.6 Å². The molecule has 0 saturated carbocycles. The van der Waals surface area contributed by atoms with Crippen molar-refractivity contribution in [3.05, 3.63) is 48.2 Å². The van der Waals surface area contributed by atoms with Gasteiger partial charge in [0.2, 0.25) is 0 Å². The fourth-order valence-electron chi connectivity index (χ4n) is 1.80. The zero-order chi connectivity index (χ0) is 14.2. The Kier molecular flexibility index (Phi) is 4.68. The summed E-state index contributed by atoms with van der Waals surface area (Å²) in [5.41, 5.74) is 2.37. The Bertz CT molecular complexity index is 654. The maximum atomic E-state index is 12.3. The number of Topliss-reactive ketones (excluding diaryl/α,β-unsaturated/α-hetero) is 1. The van der Waals surface area contributed by atoms with Crippen molar-refractivity contribution in [2.24, 2.45) is 7.05 Å². The predicted octanol–water partition coefficient (Wildman–Crippen LogP) is 4.17. The molecule has 2 rings (SSSR count). The molecule has 0 aliphatic heterocycles. The molecule has 0 N–H and O–H groups in total. The number of aryl methyl sites for hydroxylation is 2. The van der Waals surface area contributed by atoms with Crippen LogP contribution in [0.25, 0.3) is 0 Å². The van der Waals surface area contributed by atoms with Crippen LogP contribution < -0.4 is 0 Å². The first-order chi connectivity index (χ1) is 8.90. The van der Waals surface area contributed by atoms with E-state index in [-0.39, 0.29) is 5.78 Å². The van der Waals surface area contributed by atoms with Crippen molar-refractivity contribution in [2.75, 3.05) is 0 Å². The number of rotatable bonds is 3. The average molecular weight is 454 g/mol. The van der Waals surface area contributed by atoms with Crippen LogP contribution in [0.1, 0.15) is 21.7 Å². The molecule has 1 aromatic carbocycles. The third kappa shape index (κ3) is 3.20. The summed E-state index contributed by atoms with van der Waals surface area (Å²) in [7, 11) is 1.83. The summed E-state index contributed by atoms with van der Waals surface area (Å²) in [5, 5.41) is 4.88. The van der Waals surface area contributed by atoms with Gasteiger partial charge in [-0.1, -0.05) is 17.7 Å². The van der Waals surface area contributed by atoms with Gasteiger partial charge in [0.25, 0.3) is 0 Å². The van der Waals surface area contributed by atoms with Crippen LogP contribution in [0.2, 0.25) is 5.02 Å². The predicted molar refractivity (Wildman–Crippen MR) is 87.8 cm³/mol. The Morgan fingerprint density at radius 1 is 1.53 bits per heavy atom. The van der Waals surface area contributed by atoms with Crippen LogP contribution in [0.3, 0.4) is 0 Å². The van der Waals surface area contributed by atoms with Crippen molar-refractivity contribution in [2.45, 2.75) is 13.3 Å². The normalized spacial score (nSPS) is 10.8. The lowest BCUT2D eigenvalue weighted by Gasteiger charge is -2.04. The lowest BCUT2D eigenvalue weighted by molar-refractivity contribution is 0.0990. The topological polar surface area (TPSA) is 34.9 Å². The van der Waals surface area contributed by atoms with Crippen molar-refractivity contribution in [1.82, 2.24) is 9.78 Å². The minimum atomic E-state index is 0.0296. The Hall–Kier alpha value is -0.400. The quantitative estimate of drug-likeness (QED) is 0.517. The number of aromatic nitrogens is 2. The van der Waals surface area contributed by atoms with E-state index in [0.29, 0.717) is 17.0 Å². The van der Waals surface area contributed by atoms with Crippen molar-refractivity contribution in [1.29, 1.82) is 0 Å². The summed E-state index contributed by atoms with van der Waals surface area (Å²) in [6.07, 6.45) is 0.300. The number of nitrogens with zero attached hydrogens (tertiary/aromatic N) is 2. The largest absolute Gasteiger partial charge is 0.294 e. The SMILES string of the molecule is Cc1nn(C)c(CC(=O)c2ccc(I)c(Cl)c2)c1Br. The van der Waals surface area contributed by atoms with Gasteiger partial charge < -0.3 is 0 Å². The number of hydrogen-bond acceptors (Lipinski definition) is 2. The number of halogens is 3. The van der Waals surface area contributed by atoms with E-state index >= 15 is 0 Å². The Labute approximate surface area is 138 Å². The monoisotopic (exact) mass is 452 g/mol. The second kappa shape index (κ2) is 5.93. The van der Waals surface area contributed by atoms with Gasteiger partial charge in [0.15, 0.2) is 5.78 Å². The van der Waals surface area contributed by atoms with E-state index in [1.807, 2.05) is 20.0 Å². The molecule has 0 unspecified atom stereocenters. The van der Waals surface area contributed by atoms with Crippen LogP contribution >= 0.6 is 50.1 Å². The molecular formula is C13H11BrClIN2O. The van der Waals surface area contributed by atoms with Gasteiger partial charge in [-0.25, -0.2) is 0 Å². The molecule has 0 atom stereocenters. The maximum absolute atomic E-state index is 12.3. The molecule has 2 aromatic rings. The highest BCUT2D eigenvalue weighted by Crippen LogP contribution is 2.24. The van der Waals surface area contributed by atoms with Gasteiger partial charge in [-0.3, -0.25) is 9.48 Å². The summed E-state index contributed by atoms with van der Waals surface area (Å²) in [5.74, 6) is 0.0296. The molecule has 0 fully saturated rings. The van der Waals surface area contributed by atoms with E-state index in [2.05, 4.69) is 43.6 Å². The van der Waals surface area contributed by atoms with E-state index in [1.54, 1.807) is 16.8 Å². The summed E-state index contributed by atoms with van der Waals surface area (Å²) in [6, 6.07) is 5.36. The summed E-state index contributed by atoms with van der Waals surface area (Å²) < 4.78 is 3.55. The number of carbonyl (C=O) groups excluding carboxylic acids is 1. The molecular weight excluding hydrogens is 442 g/mol. The Morgan fingerprint density at radius 2 is 2.21 bits per heavy atom. The standard InChI is InChI=1S/C13H11BrClIN2O/c1-7-13(14)11(18(2)17-7)6-12(19)8-3-4-10(16)9(15)5-8/h3-5H,6H2,1-2H3. The average Bonchev–Trinajstić information content (AvgIpc) is 2.59. The minimum absolute atomic E-state index is 0.0296. The molecule has 0 aliphatic rings. The Balaban J connectivity index is 2.28. The van der Waals surface area contributed by atoms with Gasteiger partial charge in [0.1, 0.15) is 0 Å². The van der Waals surface area contributed by atoms with Gasteiger partial charge in [-0.2, -0.15) is 5.10 Å². The highest BCUT2D eigenvalue weighted by molar-refractivity contribution is 14.1. The lowest BCUT2D eigenvalue weighted by atomic mass is 10.1. The second-order valence-electron chi connectivity index (χ2n) is 4.20. The van der Waals surface area contributed by atoms with E-state index in [4.69, 9.17) is 11.6 Å². The first-order valence-electron chi connectivity index (χ1n) is 5.56. The summed E-state index contributed by atoms with van der Waals surface area (Å²) in [4.78, 5) is 12.3. The molecule has 0 radical (unpaired) electrons. The van der Waals surface area contributed by atoms with Crippen LogP contribution in [0.4, 0.5) is 0 Å². The van der Waals surface area contributed by atoms with Crippen LogP contribution in [-0.2, 0) is 13.5 Å². The van der Waals surface area contributed by atoms with Gasteiger partial charge in [0, 0.05) is 16.2 Å². The van der Waals surface area contributed by atoms with Crippen molar-refractivity contribution in [3.63, 3.8) is 0 Å². The number of ketones is 1. The van der Waals surface area contributed by atoms with Crippen LogP contribution in [0, 0.1) is 10.5 Å². The van der Waals surface area contributed by atoms with E-state index < -0.39 is 0 Å². The van der Waals surface area contributed by atoms with Gasteiger partial charge in [-0.05, 0) is 57.6 Å². The van der Waals surface area contributed by atoms with Crippen molar-refractivity contribution < 1.29 is 4.79 Å². The summed E-state index contributed by atoms with van der Waals surface area (Å²) >= 11 is 11.6. The zero-order valence-electron chi connectivity index (χ0n) is 10.4. The second-order valence-corrected chi connectivity index (χ2v) is 6.56. The number of carbonyl (C=O) groups is 1. The third-order valence-corrected chi connectivity index (χ3v) is 5.43. The molecule has 19 heavy (non-hydrogen) atoms. The first-order valence-corrected chi connectivity index (χ1v) is 7.81. The highest BCUT2D eigenvalue weighted by atomic mass is 127. The molecule has 3 nitrogen and oxygen atoms in total. The zero-order valence-corrected chi connectivity index (χ0v) is 14.9. The van der Waals surface area contributed by atoms with E-state index in [1.165, 1.54) is 0 Å². The molecule has 0 saturated heterocycles. The van der Waals surface area contributed by atoms with Gasteiger partial charge >= 0.3 is 0 Å². The van der Waals surface area contributed by atoms with E-state index in [0.717, 1.165) is 19.4 Å². The molecule has 0 spiro atoms. The van der Waals surface area contributed by atoms with Gasteiger partial charge in [-0.15, -0.1) is 0 Å². The number of benzene rings is 1. The fourth-order valence-corrected chi connectivity index (χ4v) is 2.79. The molecule has 100 valence electrons. The molecule has 0 aliphatic carbocycles. The molecule has 1 heterocycles. The molecule has 0 bridgehead atoms. The van der Waals surface area contributed by atoms with Gasteiger partial charge in [0.05, 0.1) is 27.3 Å². The smallest absolute Gasteiger partial charge is 0.168 e. The summed E-state index contributed by atoms with van der Waals surface area (Å²) in [6.45, 7) is 1.90. The number of hydrogen-bond donors (Lipinski definition) is 0. The van der Waals surface area contributed by atoms with E-state index in [9.17, 15) is 4.79 Å². The van der Waals surface area contributed by atoms with Crippen LogP contribution in [0.5, 0.6) is 0 Å². The van der Waals surface area contributed by atoms with Crippen LogP contribution in [0.15, 0.2) is 22.7 Å². The molecule has 1 aromatic heterocycles. The minimum Gasteiger partial charge on any atom is -0.294 e. The highest BCUT2D eigenvalue weighted by Gasteiger charge is 2.16. The first kappa shape index (κ1) is 15.0. The maximum Gasteiger partial charge on any atom is 0.168 e.